The van der Waals surface area contributed by atoms with Gasteiger partial charge in [0, 0.05) is 0 Å². The zero-order chi connectivity index (χ0) is 15.9. The molecule has 0 bridgehead atoms. The van der Waals surface area contributed by atoms with E-state index in [1.165, 1.54) is 19.8 Å². The average molecular weight is 402 g/mol. The molecule has 0 nitrogen and oxygen atoms in total. The van der Waals surface area contributed by atoms with Crippen LogP contribution in [-0.4, -0.2) is 15.0 Å². The predicted octanol–water partition coefficient (Wildman–Crippen LogP) is 5.46. The molecule has 0 aliphatic heterocycles. The molecule has 0 fully saturated rings. The zero-order valence-corrected chi connectivity index (χ0v) is 15.6. The number of hydrogen-bond acceptors (Lipinski definition) is 1. The molecule has 0 saturated heterocycles. The molecule has 114 valence electrons. The van der Waals surface area contributed by atoms with E-state index >= 15 is 0 Å². The molecular weight excluding hydrogens is 387 g/mol. The molecule has 0 saturated carbocycles. The van der Waals surface area contributed by atoms with Gasteiger partial charge in [-0.3, -0.25) is 0 Å². The van der Waals surface area contributed by atoms with Gasteiger partial charge in [-0.05, 0) is 0 Å². The maximum absolute atomic E-state index is 6.03. The molecule has 0 atom stereocenters. The molecule has 0 heterocycles. The van der Waals surface area contributed by atoms with Gasteiger partial charge in [-0.25, -0.2) is 0 Å². The Morgan fingerprint density at radius 1 is 0.783 bits per heavy atom. The van der Waals surface area contributed by atoms with Gasteiger partial charge in [0.15, 0.2) is 0 Å². The standard InChI is InChI=1S/C20H15ClSSe/c21-17-13-11-16(12-14-17)20(22-18-7-3-1-4-8-18)15-23-19-9-5-2-6-10-19/h1-15H/b20-15-. The van der Waals surface area contributed by atoms with Crippen molar-refractivity contribution in [2.45, 2.75) is 4.90 Å². The fourth-order valence-electron chi connectivity index (χ4n) is 2.00. The maximum atomic E-state index is 6.03. The Hall–Kier alpha value is -1.44. The first-order valence-corrected chi connectivity index (χ1v) is 10.3. The minimum atomic E-state index is 0.304. The van der Waals surface area contributed by atoms with E-state index in [1.54, 1.807) is 11.8 Å². The Bertz CT molecular complexity index is 768. The van der Waals surface area contributed by atoms with Gasteiger partial charge in [-0.15, -0.1) is 0 Å². The fourth-order valence-corrected chi connectivity index (χ4v) is 4.98. The molecule has 0 aliphatic carbocycles. The SMILES string of the molecule is Clc1ccc(/C(=C/[Se]c2ccccc2)Sc2ccccc2)cc1. The van der Waals surface area contributed by atoms with Gasteiger partial charge in [-0.2, -0.15) is 0 Å². The van der Waals surface area contributed by atoms with Crippen LogP contribution in [0.25, 0.3) is 4.91 Å². The minimum absolute atomic E-state index is 0.304. The van der Waals surface area contributed by atoms with E-state index in [0.717, 1.165) is 5.02 Å². The molecule has 0 spiro atoms. The Labute approximate surface area is 152 Å². The van der Waals surface area contributed by atoms with Crippen LogP contribution in [0, 0.1) is 0 Å². The van der Waals surface area contributed by atoms with Crippen molar-refractivity contribution in [1.82, 2.24) is 0 Å². The summed E-state index contributed by atoms with van der Waals surface area (Å²) >= 11 is 8.13. The molecule has 0 aromatic heterocycles. The van der Waals surface area contributed by atoms with Gasteiger partial charge < -0.3 is 0 Å². The second-order valence-corrected chi connectivity index (χ2v) is 8.36. The molecular formula is C20H15ClSSe. The summed E-state index contributed by atoms with van der Waals surface area (Å²) in [6, 6.07) is 29.2. The quantitative estimate of drug-likeness (QED) is 0.404. The summed E-state index contributed by atoms with van der Waals surface area (Å²) in [7, 11) is 0. The van der Waals surface area contributed by atoms with Crippen LogP contribution in [0.4, 0.5) is 0 Å². The van der Waals surface area contributed by atoms with Crippen LogP contribution in [0.2, 0.25) is 5.02 Å². The second kappa shape index (κ2) is 8.42. The Balaban J connectivity index is 1.87. The summed E-state index contributed by atoms with van der Waals surface area (Å²) in [5, 5.41) is 0.770. The van der Waals surface area contributed by atoms with Crippen molar-refractivity contribution in [2.24, 2.45) is 0 Å². The first kappa shape index (κ1) is 16.4. The van der Waals surface area contributed by atoms with E-state index in [9.17, 15) is 0 Å². The van der Waals surface area contributed by atoms with Crippen LogP contribution >= 0.6 is 23.4 Å². The van der Waals surface area contributed by atoms with Gasteiger partial charge in [-0.1, -0.05) is 0 Å². The fraction of sp³-hybridized carbons (Fsp3) is 0. The number of halogens is 1. The van der Waals surface area contributed by atoms with E-state index in [1.807, 2.05) is 18.2 Å². The van der Waals surface area contributed by atoms with Crippen LogP contribution in [0.3, 0.4) is 0 Å². The number of thioether (sulfide) groups is 1. The van der Waals surface area contributed by atoms with Crippen LogP contribution < -0.4 is 4.46 Å². The van der Waals surface area contributed by atoms with Crippen molar-refractivity contribution in [3.63, 3.8) is 0 Å². The summed E-state index contributed by atoms with van der Waals surface area (Å²) in [5.41, 5.74) is 1.21. The molecule has 3 rings (SSSR count). The van der Waals surface area contributed by atoms with Gasteiger partial charge in [0.2, 0.25) is 0 Å². The Morgan fingerprint density at radius 2 is 1.39 bits per heavy atom. The van der Waals surface area contributed by atoms with Crippen LogP contribution in [0.15, 0.2) is 94.8 Å². The van der Waals surface area contributed by atoms with E-state index in [4.69, 9.17) is 11.6 Å². The topological polar surface area (TPSA) is 0 Å². The third kappa shape index (κ3) is 5.02. The average Bonchev–Trinajstić information content (AvgIpc) is 2.61. The third-order valence-electron chi connectivity index (χ3n) is 3.15. The molecule has 23 heavy (non-hydrogen) atoms. The summed E-state index contributed by atoms with van der Waals surface area (Å²) < 4.78 is 1.38. The summed E-state index contributed by atoms with van der Waals surface area (Å²) in [6.07, 6.45) is 0. The van der Waals surface area contributed by atoms with E-state index in [2.05, 4.69) is 71.7 Å². The van der Waals surface area contributed by atoms with Gasteiger partial charge in [0.1, 0.15) is 0 Å². The first-order chi connectivity index (χ1) is 11.3. The number of rotatable bonds is 5. The summed E-state index contributed by atoms with van der Waals surface area (Å²) in [4.78, 5) is 4.87. The Morgan fingerprint density at radius 3 is 2.04 bits per heavy atom. The van der Waals surface area contributed by atoms with Gasteiger partial charge >= 0.3 is 153 Å². The van der Waals surface area contributed by atoms with Crippen LogP contribution in [0.1, 0.15) is 5.56 Å². The van der Waals surface area contributed by atoms with E-state index in [-0.39, 0.29) is 0 Å². The van der Waals surface area contributed by atoms with Crippen LogP contribution in [-0.2, 0) is 0 Å². The van der Waals surface area contributed by atoms with Crippen molar-refractivity contribution in [1.29, 1.82) is 0 Å². The monoisotopic (exact) mass is 402 g/mol. The molecule has 3 heteroatoms. The van der Waals surface area contributed by atoms with Crippen molar-refractivity contribution < 1.29 is 0 Å². The van der Waals surface area contributed by atoms with Crippen molar-refractivity contribution >= 4 is 47.7 Å². The number of benzene rings is 3. The molecule has 0 N–H and O–H groups in total. The van der Waals surface area contributed by atoms with Crippen LogP contribution in [0.5, 0.6) is 0 Å². The summed E-state index contributed by atoms with van der Waals surface area (Å²) in [5.74, 6) is 0. The third-order valence-corrected chi connectivity index (χ3v) is 6.70. The Kier molecular flexibility index (Phi) is 6.01. The molecule has 0 radical (unpaired) electrons. The molecule has 3 aromatic carbocycles. The number of hydrogen-bond donors (Lipinski definition) is 0. The first-order valence-electron chi connectivity index (χ1n) is 7.22. The van der Waals surface area contributed by atoms with E-state index < -0.39 is 0 Å². The second-order valence-electron chi connectivity index (χ2n) is 4.84. The molecule has 3 aromatic rings. The van der Waals surface area contributed by atoms with E-state index in [0.29, 0.717) is 15.0 Å². The van der Waals surface area contributed by atoms with Gasteiger partial charge in [0.05, 0.1) is 0 Å². The van der Waals surface area contributed by atoms with Crippen molar-refractivity contribution in [3.8, 4) is 0 Å². The summed E-state index contributed by atoms with van der Waals surface area (Å²) in [6.45, 7) is 0. The van der Waals surface area contributed by atoms with Crippen molar-refractivity contribution in [2.75, 3.05) is 0 Å². The predicted molar refractivity (Wildman–Crippen MR) is 104 cm³/mol. The molecule has 0 aliphatic rings. The molecule has 0 unspecified atom stereocenters. The van der Waals surface area contributed by atoms with Crippen molar-refractivity contribution in [3.05, 3.63) is 100 Å². The molecule has 0 amide bonds. The zero-order valence-electron chi connectivity index (χ0n) is 12.4. The normalized spacial score (nSPS) is 11.4. The van der Waals surface area contributed by atoms with Gasteiger partial charge in [0.25, 0.3) is 0 Å².